The summed E-state index contributed by atoms with van der Waals surface area (Å²) in [6.45, 7) is 1.85. The van der Waals surface area contributed by atoms with Crippen LogP contribution in [0.15, 0.2) is 24.3 Å². The highest BCUT2D eigenvalue weighted by molar-refractivity contribution is 5.30. The minimum atomic E-state index is -0.864. The minimum Gasteiger partial charge on any atom is -0.497 e. The van der Waals surface area contributed by atoms with E-state index in [2.05, 4.69) is 5.32 Å². The average molecular weight is 223 g/mol. The molecule has 0 amide bonds. The van der Waals surface area contributed by atoms with Gasteiger partial charge in [-0.2, -0.15) is 0 Å². The maximum atomic E-state index is 14.3. The fourth-order valence-electron chi connectivity index (χ4n) is 2.22. The predicted octanol–water partition coefficient (Wildman–Crippen LogP) is 2.71. The van der Waals surface area contributed by atoms with Crippen LogP contribution in [0.2, 0.25) is 0 Å². The van der Waals surface area contributed by atoms with Gasteiger partial charge < -0.3 is 10.1 Å². The molecule has 0 spiro atoms. The molecule has 1 aromatic carbocycles. The van der Waals surface area contributed by atoms with Crippen molar-refractivity contribution < 1.29 is 9.13 Å². The summed E-state index contributed by atoms with van der Waals surface area (Å²) in [6, 6.07) is 7.34. The summed E-state index contributed by atoms with van der Waals surface area (Å²) in [6.07, 6.45) is 0.966. The molecule has 1 aliphatic heterocycles. The van der Waals surface area contributed by atoms with E-state index < -0.39 is 6.17 Å². The van der Waals surface area contributed by atoms with E-state index in [0.717, 1.165) is 37.2 Å². The Labute approximate surface area is 95.8 Å². The van der Waals surface area contributed by atoms with E-state index in [9.17, 15) is 4.39 Å². The molecule has 16 heavy (non-hydrogen) atoms. The van der Waals surface area contributed by atoms with E-state index in [1.807, 2.05) is 18.2 Å². The third kappa shape index (κ3) is 2.53. The third-order valence-corrected chi connectivity index (χ3v) is 3.21. The van der Waals surface area contributed by atoms with Gasteiger partial charge in [0, 0.05) is 0 Å². The van der Waals surface area contributed by atoms with Crippen LogP contribution in [0.25, 0.3) is 0 Å². The first-order valence-corrected chi connectivity index (χ1v) is 5.80. The number of ether oxygens (including phenoxy) is 1. The van der Waals surface area contributed by atoms with Crippen molar-refractivity contribution >= 4 is 0 Å². The van der Waals surface area contributed by atoms with Crippen LogP contribution < -0.4 is 10.1 Å². The van der Waals surface area contributed by atoms with Crippen LogP contribution in [0.1, 0.15) is 24.6 Å². The van der Waals surface area contributed by atoms with Crippen LogP contribution in [0.3, 0.4) is 0 Å². The summed E-state index contributed by atoms with van der Waals surface area (Å²) in [4.78, 5) is 0. The van der Waals surface area contributed by atoms with Crippen molar-refractivity contribution in [3.8, 4) is 5.75 Å². The summed E-state index contributed by atoms with van der Waals surface area (Å²) < 4.78 is 19.4. The van der Waals surface area contributed by atoms with Crippen LogP contribution in [0.4, 0.5) is 4.39 Å². The van der Waals surface area contributed by atoms with E-state index in [1.54, 1.807) is 13.2 Å². The lowest BCUT2D eigenvalue weighted by atomic mass is 9.89. The van der Waals surface area contributed by atoms with Crippen LogP contribution in [0.5, 0.6) is 5.75 Å². The fourth-order valence-corrected chi connectivity index (χ4v) is 2.22. The second-order valence-electron chi connectivity index (χ2n) is 4.27. The monoisotopic (exact) mass is 223 g/mol. The molecule has 1 saturated heterocycles. The highest BCUT2D eigenvalue weighted by Crippen LogP contribution is 2.33. The third-order valence-electron chi connectivity index (χ3n) is 3.21. The summed E-state index contributed by atoms with van der Waals surface area (Å²) in [5, 5.41) is 3.25. The number of rotatable bonds is 3. The zero-order valence-corrected chi connectivity index (χ0v) is 9.58. The highest BCUT2D eigenvalue weighted by Gasteiger charge is 2.24. The number of benzene rings is 1. The predicted molar refractivity (Wildman–Crippen MR) is 62.4 cm³/mol. The van der Waals surface area contributed by atoms with E-state index in [1.165, 1.54) is 0 Å². The maximum Gasteiger partial charge on any atom is 0.128 e. The van der Waals surface area contributed by atoms with Crippen LogP contribution in [0, 0.1) is 5.92 Å². The van der Waals surface area contributed by atoms with Gasteiger partial charge in [-0.25, -0.2) is 4.39 Å². The van der Waals surface area contributed by atoms with Gasteiger partial charge in [0.15, 0.2) is 0 Å². The lowest BCUT2D eigenvalue weighted by Gasteiger charge is -2.26. The molecule has 0 aromatic heterocycles. The summed E-state index contributed by atoms with van der Waals surface area (Å²) in [5.41, 5.74) is 0.742. The second kappa shape index (κ2) is 5.30. The van der Waals surface area contributed by atoms with Gasteiger partial charge >= 0.3 is 0 Å². The molecule has 1 fully saturated rings. The van der Waals surface area contributed by atoms with Crippen molar-refractivity contribution in [3.63, 3.8) is 0 Å². The van der Waals surface area contributed by atoms with Crippen LogP contribution in [-0.2, 0) is 0 Å². The molecule has 2 rings (SSSR count). The van der Waals surface area contributed by atoms with E-state index in [4.69, 9.17) is 4.74 Å². The van der Waals surface area contributed by atoms with Gasteiger partial charge in [-0.3, -0.25) is 0 Å². The molecule has 1 atom stereocenters. The molecule has 2 nitrogen and oxygen atoms in total. The zero-order valence-electron chi connectivity index (χ0n) is 9.58. The Kier molecular flexibility index (Phi) is 3.78. The summed E-state index contributed by atoms with van der Waals surface area (Å²) >= 11 is 0. The molecule has 0 aliphatic carbocycles. The topological polar surface area (TPSA) is 21.3 Å². The molecule has 0 bridgehead atoms. The van der Waals surface area contributed by atoms with Gasteiger partial charge in [0.25, 0.3) is 0 Å². The molecule has 88 valence electrons. The van der Waals surface area contributed by atoms with E-state index >= 15 is 0 Å². The average Bonchev–Trinajstić information content (AvgIpc) is 2.39. The molecule has 0 radical (unpaired) electrons. The number of nitrogens with one attached hydrogen (secondary N) is 1. The molecule has 1 unspecified atom stereocenters. The minimum absolute atomic E-state index is 0.147. The Bertz CT molecular complexity index is 336. The number of halogens is 1. The zero-order chi connectivity index (χ0) is 11.4. The number of piperidine rings is 1. The lowest BCUT2D eigenvalue weighted by Crippen LogP contribution is -2.29. The number of hydrogen-bond acceptors (Lipinski definition) is 2. The molecule has 0 saturated carbocycles. The normalized spacial score (nSPS) is 19.4. The molecule has 1 N–H and O–H groups in total. The molecule has 3 heteroatoms. The van der Waals surface area contributed by atoms with Crippen molar-refractivity contribution in [2.75, 3.05) is 20.2 Å². The SMILES string of the molecule is COc1cccc(C(F)C2CCNCC2)c1. The van der Waals surface area contributed by atoms with Gasteiger partial charge in [0.05, 0.1) is 7.11 Å². The first-order chi connectivity index (χ1) is 7.81. The number of methoxy groups -OCH3 is 1. The van der Waals surface area contributed by atoms with Gasteiger partial charge in [0.1, 0.15) is 11.9 Å². The summed E-state index contributed by atoms with van der Waals surface area (Å²) in [7, 11) is 1.61. The van der Waals surface area contributed by atoms with Gasteiger partial charge in [-0.15, -0.1) is 0 Å². The molecular weight excluding hydrogens is 205 g/mol. The molecule has 1 aliphatic rings. The quantitative estimate of drug-likeness (QED) is 0.850. The van der Waals surface area contributed by atoms with Crippen molar-refractivity contribution in [3.05, 3.63) is 29.8 Å². The Balaban J connectivity index is 2.09. The van der Waals surface area contributed by atoms with E-state index in [-0.39, 0.29) is 5.92 Å². The van der Waals surface area contributed by atoms with Crippen molar-refractivity contribution in [2.24, 2.45) is 5.92 Å². The van der Waals surface area contributed by atoms with Crippen molar-refractivity contribution in [2.45, 2.75) is 19.0 Å². The Morgan fingerprint density at radius 1 is 1.38 bits per heavy atom. The smallest absolute Gasteiger partial charge is 0.128 e. The lowest BCUT2D eigenvalue weighted by molar-refractivity contribution is 0.190. The van der Waals surface area contributed by atoms with E-state index in [0.29, 0.717) is 0 Å². The Morgan fingerprint density at radius 2 is 2.12 bits per heavy atom. The van der Waals surface area contributed by atoms with Crippen molar-refractivity contribution in [1.82, 2.24) is 5.32 Å². The van der Waals surface area contributed by atoms with Gasteiger partial charge in [0.2, 0.25) is 0 Å². The largest absolute Gasteiger partial charge is 0.497 e. The Morgan fingerprint density at radius 3 is 2.81 bits per heavy atom. The number of hydrogen-bond donors (Lipinski definition) is 1. The molecular formula is C13H18FNO. The van der Waals surface area contributed by atoms with Crippen LogP contribution in [-0.4, -0.2) is 20.2 Å². The highest BCUT2D eigenvalue weighted by atomic mass is 19.1. The maximum absolute atomic E-state index is 14.3. The fraction of sp³-hybridized carbons (Fsp3) is 0.538. The first-order valence-electron chi connectivity index (χ1n) is 5.80. The number of alkyl halides is 1. The second-order valence-corrected chi connectivity index (χ2v) is 4.27. The summed E-state index contributed by atoms with van der Waals surface area (Å²) in [5.74, 6) is 0.877. The molecule has 1 aromatic rings. The Hall–Kier alpha value is -1.09. The van der Waals surface area contributed by atoms with Crippen molar-refractivity contribution in [1.29, 1.82) is 0 Å². The van der Waals surface area contributed by atoms with Gasteiger partial charge in [-0.1, -0.05) is 12.1 Å². The molecule has 1 heterocycles. The standard InChI is InChI=1S/C13H18FNO/c1-16-12-4-2-3-11(9-12)13(14)10-5-7-15-8-6-10/h2-4,9-10,13,15H,5-8H2,1H3. The first kappa shape index (κ1) is 11.4. The van der Waals surface area contributed by atoms with Gasteiger partial charge in [-0.05, 0) is 49.5 Å². The van der Waals surface area contributed by atoms with Crippen LogP contribution >= 0.6 is 0 Å².